The lowest BCUT2D eigenvalue weighted by Crippen LogP contribution is -2.43. The molecule has 3 atom stereocenters. The summed E-state index contributed by atoms with van der Waals surface area (Å²) in [5.74, 6) is -2.83. The fraction of sp³-hybridized carbons (Fsp3) is 0.345. The number of allylic oxidation sites excluding steroid dienone is 3. The normalized spacial score (nSPS) is 21.4. The minimum absolute atomic E-state index is 0.191. The van der Waals surface area contributed by atoms with Gasteiger partial charge in [0, 0.05) is 22.5 Å². The first-order valence-electron chi connectivity index (χ1n) is 12.1. The van der Waals surface area contributed by atoms with Gasteiger partial charge in [0.15, 0.2) is 5.78 Å². The predicted octanol–water partition coefficient (Wildman–Crippen LogP) is 4.44. The fourth-order valence-corrected chi connectivity index (χ4v) is 5.06. The third-order valence-electron chi connectivity index (χ3n) is 6.71. The van der Waals surface area contributed by atoms with Crippen LogP contribution in [0.2, 0.25) is 0 Å². The molecular weight excluding hydrogens is 458 g/mol. The molecule has 2 aromatic carbocycles. The van der Waals surface area contributed by atoms with E-state index in [4.69, 9.17) is 14.2 Å². The number of esters is 2. The van der Waals surface area contributed by atoms with Gasteiger partial charge in [0.2, 0.25) is 0 Å². The van der Waals surface area contributed by atoms with Gasteiger partial charge in [-0.3, -0.25) is 9.59 Å². The summed E-state index contributed by atoms with van der Waals surface area (Å²) in [5.41, 5.74) is 3.69. The molecule has 0 spiro atoms. The molecule has 1 N–H and O–H groups in total. The summed E-state index contributed by atoms with van der Waals surface area (Å²) in [6.45, 7) is 5.91. The lowest BCUT2D eigenvalue weighted by Gasteiger charge is -2.38. The molecule has 4 rings (SSSR count). The highest BCUT2D eigenvalue weighted by Crippen LogP contribution is 2.47. The zero-order valence-corrected chi connectivity index (χ0v) is 21.0. The number of hydrogen-bond acceptors (Lipinski definition) is 7. The molecule has 2 aromatic rings. The standard InChI is InChI=1S/C29H31NO6/c1-5-35-29(33)24-18(3)30-21-15-17(2)23(28(32)34-4)27(31)26(21)25(24)20-13-9-10-14-22(20)36-16-19-11-7-6-8-12-19/h6-14,17,23,25,30H,5,15-16H2,1-4H3/t17-,23+,25-/m1/s1. The highest BCUT2D eigenvalue weighted by Gasteiger charge is 2.47. The van der Waals surface area contributed by atoms with Crippen LogP contribution in [0.3, 0.4) is 0 Å². The fourth-order valence-electron chi connectivity index (χ4n) is 5.06. The van der Waals surface area contributed by atoms with E-state index in [1.54, 1.807) is 13.8 Å². The Balaban J connectivity index is 1.84. The number of benzene rings is 2. The molecule has 0 radical (unpaired) electrons. The van der Waals surface area contributed by atoms with Crippen LogP contribution in [-0.4, -0.2) is 31.4 Å². The summed E-state index contributed by atoms with van der Waals surface area (Å²) in [6.07, 6.45) is 0.470. The monoisotopic (exact) mass is 489 g/mol. The molecule has 0 saturated carbocycles. The van der Waals surface area contributed by atoms with Crippen molar-refractivity contribution in [1.82, 2.24) is 5.32 Å². The van der Waals surface area contributed by atoms with E-state index in [1.807, 2.05) is 61.5 Å². The van der Waals surface area contributed by atoms with Crippen molar-refractivity contribution in [3.63, 3.8) is 0 Å². The van der Waals surface area contributed by atoms with E-state index in [1.165, 1.54) is 7.11 Å². The second kappa shape index (κ2) is 10.8. The van der Waals surface area contributed by atoms with Gasteiger partial charge in [0.1, 0.15) is 18.3 Å². The minimum atomic E-state index is -0.947. The molecule has 7 heteroatoms. The average molecular weight is 490 g/mol. The quantitative estimate of drug-likeness (QED) is 0.454. The van der Waals surface area contributed by atoms with Gasteiger partial charge >= 0.3 is 11.9 Å². The number of Topliss-reactive ketones (excluding diaryl/α,β-unsaturated/α-hetero) is 1. The Morgan fingerprint density at radius 2 is 1.75 bits per heavy atom. The number of methoxy groups -OCH3 is 1. The van der Waals surface area contributed by atoms with Crippen molar-refractivity contribution >= 4 is 17.7 Å². The Morgan fingerprint density at radius 1 is 1.06 bits per heavy atom. The van der Waals surface area contributed by atoms with Crippen LogP contribution in [0.4, 0.5) is 0 Å². The second-order valence-corrected chi connectivity index (χ2v) is 9.07. The van der Waals surface area contributed by atoms with Gasteiger partial charge < -0.3 is 19.5 Å². The van der Waals surface area contributed by atoms with Gasteiger partial charge in [-0.2, -0.15) is 0 Å². The maximum absolute atomic E-state index is 13.9. The van der Waals surface area contributed by atoms with Crippen LogP contribution in [0.25, 0.3) is 0 Å². The maximum Gasteiger partial charge on any atom is 0.336 e. The molecule has 1 aliphatic heterocycles. The smallest absolute Gasteiger partial charge is 0.336 e. The third kappa shape index (κ3) is 4.78. The van der Waals surface area contributed by atoms with Crippen molar-refractivity contribution in [1.29, 1.82) is 0 Å². The van der Waals surface area contributed by atoms with Crippen molar-refractivity contribution in [2.75, 3.05) is 13.7 Å². The Bertz CT molecular complexity index is 1230. The summed E-state index contributed by atoms with van der Waals surface area (Å²) in [5, 5.41) is 3.27. The van der Waals surface area contributed by atoms with Crippen molar-refractivity contribution in [3.8, 4) is 5.75 Å². The number of carbonyl (C=O) groups excluding carboxylic acids is 3. The van der Waals surface area contributed by atoms with Crippen molar-refractivity contribution in [3.05, 3.63) is 88.3 Å². The van der Waals surface area contributed by atoms with E-state index in [2.05, 4.69) is 5.32 Å². The van der Waals surface area contributed by atoms with E-state index in [9.17, 15) is 14.4 Å². The van der Waals surface area contributed by atoms with Gasteiger partial charge in [0.05, 0.1) is 25.2 Å². The lowest BCUT2D eigenvalue weighted by atomic mass is 9.69. The van der Waals surface area contributed by atoms with Crippen LogP contribution in [0, 0.1) is 11.8 Å². The zero-order chi connectivity index (χ0) is 25.8. The van der Waals surface area contributed by atoms with E-state index in [-0.39, 0.29) is 18.3 Å². The number of dihydropyridines is 1. The van der Waals surface area contributed by atoms with Crippen LogP contribution in [0.15, 0.2) is 77.1 Å². The zero-order valence-electron chi connectivity index (χ0n) is 21.0. The molecule has 0 amide bonds. The molecule has 188 valence electrons. The molecule has 1 heterocycles. The van der Waals surface area contributed by atoms with Gasteiger partial charge in [-0.25, -0.2) is 4.79 Å². The number of ketones is 1. The van der Waals surface area contributed by atoms with Crippen molar-refractivity contribution in [2.45, 2.75) is 39.7 Å². The van der Waals surface area contributed by atoms with Crippen LogP contribution in [-0.2, 0) is 30.5 Å². The topological polar surface area (TPSA) is 90.9 Å². The SMILES string of the molecule is CCOC(=O)C1=C(C)NC2=C(C(=O)[C@@H](C(=O)OC)[C@H](C)C2)[C@@H]1c1ccccc1OCc1ccccc1. The number of hydrogen-bond donors (Lipinski definition) is 1. The molecular formula is C29H31NO6. The summed E-state index contributed by atoms with van der Waals surface area (Å²) < 4.78 is 16.6. The predicted molar refractivity (Wildman–Crippen MR) is 134 cm³/mol. The Morgan fingerprint density at radius 3 is 2.44 bits per heavy atom. The summed E-state index contributed by atoms with van der Waals surface area (Å²) in [7, 11) is 1.28. The number of ether oxygens (including phenoxy) is 3. The Kier molecular flexibility index (Phi) is 7.58. The molecule has 36 heavy (non-hydrogen) atoms. The molecule has 7 nitrogen and oxygen atoms in total. The summed E-state index contributed by atoms with van der Waals surface area (Å²) in [4.78, 5) is 39.7. The second-order valence-electron chi connectivity index (χ2n) is 9.07. The Labute approximate surface area is 211 Å². The summed E-state index contributed by atoms with van der Waals surface area (Å²) >= 11 is 0. The van der Waals surface area contributed by atoms with Crippen LogP contribution >= 0.6 is 0 Å². The molecule has 0 aromatic heterocycles. The highest BCUT2D eigenvalue weighted by molar-refractivity contribution is 6.12. The first-order valence-corrected chi connectivity index (χ1v) is 12.1. The minimum Gasteiger partial charge on any atom is -0.489 e. The van der Waals surface area contributed by atoms with Crippen molar-refractivity contribution in [2.24, 2.45) is 11.8 Å². The van der Waals surface area contributed by atoms with Gasteiger partial charge in [-0.1, -0.05) is 55.5 Å². The number of nitrogens with one attached hydrogen (secondary N) is 1. The van der Waals surface area contributed by atoms with Gasteiger partial charge in [-0.05, 0) is 37.8 Å². The average Bonchev–Trinajstić information content (AvgIpc) is 2.87. The third-order valence-corrected chi connectivity index (χ3v) is 6.71. The Hall–Kier alpha value is -3.87. The molecule has 0 saturated heterocycles. The van der Waals surface area contributed by atoms with Crippen molar-refractivity contribution < 1.29 is 28.6 Å². The highest BCUT2D eigenvalue weighted by atomic mass is 16.5. The van der Waals surface area contributed by atoms with Crippen LogP contribution in [0.1, 0.15) is 44.2 Å². The van der Waals surface area contributed by atoms with E-state index >= 15 is 0 Å². The lowest BCUT2D eigenvalue weighted by molar-refractivity contribution is -0.151. The number of carbonyl (C=O) groups is 3. The number of para-hydroxylation sites is 1. The largest absolute Gasteiger partial charge is 0.489 e. The first kappa shape index (κ1) is 25.2. The van der Waals surface area contributed by atoms with Crippen LogP contribution in [0.5, 0.6) is 5.75 Å². The summed E-state index contributed by atoms with van der Waals surface area (Å²) in [6, 6.07) is 17.1. The molecule has 0 fully saturated rings. The molecule has 1 aliphatic carbocycles. The van der Waals surface area contributed by atoms with E-state index in [0.29, 0.717) is 46.9 Å². The van der Waals surface area contributed by atoms with Gasteiger partial charge in [0.25, 0.3) is 0 Å². The molecule has 0 bridgehead atoms. The molecule has 0 unspecified atom stereocenters. The van der Waals surface area contributed by atoms with Crippen LogP contribution < -0.4 is 10.1 Å². The molecule has 2 aliphatic rings. The maximum atomic E-state index is 13.9. The van der Waals surface area contributed by atoms with Gasteiger partial charge in [-0.15, -0.1) is 0 Å². The number of rotatable bonds is 7. The van der Waals surface area contributed by atoms with E-state index < -0.39 is 23.8 Å². The first-order chi connectivity index (χ1) is 17.4. The van der Waals surface area contributed by atoms with E-state index in [0.717, 1.165) is 5.56 Å².